The van der Waals surface area contributed by atoms with Crippen molar-refractivity contribution in [2.24, 2.45) is 0 Å². The number of halogens is 1. The normalized spacial score (nSPS) is 12.4. The van der Waals surface area contributed by atoms with E-state index in [4.69, 9.17) is 16.3 Å². The molecule has 1 unspecified atom stereocenters. The molecule has 0 aliphatic heterocycles. The van der Waals surface area contributed by atoms with Crippen LogP contribution in [0.4, 0.5) is 5.69 Å². The number of aromatic nitrogens is 2. The first-order valence-electron chi connectivity index (χ1n) is 5.17. The minimum absolute atomic E-state index is 0.132. The summed E-state index contributed by atoms with van der Waals surface area (Å²) in [5.74, 6) is 0. The predicted octanol–water partition coefficient (Wildman–Crippen LogP) is 1.65. The van der Waals surface area contributed by atoms with Gasteiger partial charge in [-0.1, -0.05) is 24.9 Å². The van der Waals surface area contributed by atoms with Crippen molar-refractivity contribution in [3.63, 3.8) is 0 Å². The average molecular weight is 246 g/mol. The van der Waals surface area contributed by atoms with Crippen LogP contribution < -0.4 is 10.9 Å². The van der Waals surface area contributed by atoms with Crippen molar-refractivity contribution in [1.29, 1.82) is 0 Å². The van der Waals surface area contributed by atoms with Gasteiger partial charge in [-0.15, -0.1) is 0 Å². The summed E-state index contributed by atoms with van der Waals surface area (Å²) in [6, 6.07) is 0.135. The van der Waals surface area contributed by atoms with E-state index in [1.165, 1.54) is 6.20 Å². The predicted molar refractivity (Wildman–Crippen MR) is 64.1 cm³/mol. The first kappa shape index (κ1) is 13.0. The van der Waals surface area contributed by atoms with Crippen LogP contribution >= 0.6 is 11.6 Å². The van der Waals surface area contributed by atoms with E-state index in [9.17, 15) is 4.79 Å². The summed E-state index contributed by atoms with van der Waals surface area (Å²) < 4.78 is 5.09. The van der Waals surface area contributed by atoms with Crippen molar-refractivity contribution >= 4 is 17.3 Å². The van der Waals surface area contributed by atoms with Crippen LogP contribution in [0, 0.1) is 0 Å². The zero-order valence-corrected chi connectivity index (χ0v) is 10.2. The molecule has 2 N–H and O–H groups in total. The lowest BCUT2D eigenvalue weighted by Crippen LogP contribution is -2.26. The molecule has 0 saturated heterocycles. The van der Waals surface area contributed by atoms with Gasteiger partial charge in [-0.3, -0.25) is 4.79 Å². The van der Waals surface area contributed by atoms with Crippen LogP contribution in [0.3, 0.4) is 0 Å². The highest BCUT2D eigenvalue weighted by atomic mass is 35.5. The van der Waals surface area contributed by atoms with E-state index in [-0.39, 0.29) is 16.6 Å². The van der Waals surface area contributed by atoms with Gasteiger partial charge in [0, 0.05) is 13.2 Å². The maximum absolute atomic E-state index is 11.2. The number of aromatic amines is 1. The van der Waals surface area contributed by atoms with Crippen molar-refractivity contribution < 1.29 is 4.74 Å². The first-order chi connectivity index (χ1) is 7.69. The largest absolute Gasteiger partial charge is 0.383 e. The Labute approximate surface area is 99.2 Å². The standard InChI is InChI=1S/C10H16ClN3O2/c1-3-4-7(6-16-2)13-8-5-12-14-10(15)9(8)11/h5,7H,3-4,6H2,1-2H3,(H2,13,14,15). The molecule has 1 aromatic rings. The fourth-order valence-corrected chi connectivity index (χ4v) is 1.60. The van der Waals surface area contributed by atoms with E-state index in [0.29, 0.717) is 12.3 Å². The molecule has 0 bridgehead atoms. The molecule has 0 radical (unpaired) electrons. The topological polar surface area (TPSA) is 67.0 Å². The molecule has 0 aromatic carbocycles. The SMILES string of the molecule is CCCC(COC)Nc1cn[nH]c(=O)c1Cl. The molecule has 0 aliphatic rings. The second kappa shape index (κ2) is 6.50. The van der Waals surface area contributed by atoms with Crippen molar-refractivity contribution in [3.8, 4) is 0 Å². The molecule has 0 aliphatic carbocycles. The number of anilines is 1. The van der Waals surface area contributed by atoms with Crippen molar-refractivity contribution in [2.75, 3.05) is 19.0 Å². The fourth-order valence-electron chi connectivity index (χ4n) is 1.45. The Morgan fingerprint density at radius 1 is 1.69 bits per heavy atom. The van der Waals surface area contributed by atoms with E-state index in [1.54, 1.807) is 7.11 Å². The number of methoxy groups -OCH3 is 1. The molecule has 1 atom stereocenters. The minimum atomic E-state index is -0.390. The van der Waals surface area contributed by atoms with Gasteiger partial charge in [0.1, 0.15) is 5.02 Å². The molecule has 1 rings (SSSR count). The van der Waals surface area contributed by atoms with Crippen LogP contribution in [-0.2, 0) is 4.74 Å². The lowest BCUT2D eigenvalue weighted by atomic mass is 10.2. The number of hydrogen-bond acceptors (Lipinski definition) is 4. The minimum Gasteiger partial charge on any atom is -0.383 e. The number of H-pyrrole nitrogens is 1. The second-order valence-electron chi connectivity index (χ2n) is 3.51. The van der Waals surface area contributed by atoms with Gasteiger partial charge in [0.15, 0.2) is 0 Å². The summed E-state index contributed by atoms with van der Waals surface area (Å²) in [6.45, 7) is 2.65. The number of hydrogen-bond donors (Lipinski definition) is 2. The lowest BCUT2D eigenvalue weighted by molar-refractivity contribution is 0.182. The lowest BCUT2D eigenvalue weighted by Gasteiger charge is -2.18. The van der Waals surface area contributed by atoms with E-state index < -0.39 is 0 Å². The quantitative estimate of drug-likeness (QED) is 0.800. The molecule has 1 aromatic heterocycles. The van der Waals surface area contributed by atoms with E-state index in [0.717, 1.165) is 12.8 Å². The Balaban J connectivity index is 2.76. The highest BCUT2D eigenvalue weighted by Crippen LogP contribution is 2.16. The third-order valence-electron chi connectivity index (χ3n) is 2.16. The summed E-state index contributed by atoms with van der Waals surface area (Å²) >= 11 is 5.85. The third-order valence-corrected chi connectivity index (χ3v) is 2.54. The van der Waals surface area contributed by atoms with Gasteiger partial charge < -0.3 is 10.1 Å². The molecular formula is C10H16ClN3O2. The van der Waals surface area contributed by atoms with E-state index in [2.05, 4.69) is 22.4 Å². The van der Waals surface area contributed by atoms with Gasteiger partial charge >= 0.3 is 0 Å². The summed E-state index contributed by atoms with van der Waals surface area (Å²) in [4.78, 5) is 11.2. The molecular weight excluding hydrogens is 230 g/mol. The Morgan fingerprint density at radius 2 is 2.44 bits per heavy atom. The number of nitrogens with one attached hydrogen (secondary N) is 2. The van der Waals surface area contributed by atoms with Crippen LogP contribution in [0.15, 0.2) is 11.0 Å². The summed E-state index contributed by atoms with van der Waals surface area (Å²) in [5.41, 5.74) is 0.153. The molecule has 5 nitrogen and oxygen atoms in total. The van der Waals surface area contributed by atoms with Crippen LogP contribution in [0.25, 0.3) is 0 Å². The van der Waals surface area contributed by atoms with Gasteiger partial charge in [-0.2, -0.15) is 5.10 Å². The average Bonchev–Trinajstić information content (AvgIpc) is 2.25. The molecule has 0 spiro atoms. The zero-order chi connectivity index (χ0) is 12.0. The Kier molecular flexibility index (Phi) is 5.28. The van der Waals surface area contributed by atoms with Gasteiger partial charge in [-0.05, 0) is 6.42 Å². The smallest absolute Gasteiger partial charge is 0.285 e. The first-order valence-corrected chi connectivity index (χ1v) is 5.55. The maximum Gasteiger partial charge on any atom is 0.285 e. The van der Waals surface area contributed by atoms with Crippen LogP contribution in [0.1, 0.15) is 19.8 Å². The second-order valence-corrected chi connectivity index (χ2v) is 3.89. The molecule has 0 saturated carbocycles. The van der Waals surface area contributed by atoms with Crippen LogP contribution in [-0.4, -0.2) is 30.0 Å². The van der Waals surface area contributed by atoms with Gasteiger partial charge in [-0.25, -0.2) is 5.10 Å². The Morgan fingerprint density at radius 3 is 3.06 bits per heavy atom. The summed E-state index contributed by atoms with van der Waals surface area (Å²) in [5, 5.41) is 9.24. The Hall–Kier alpha value is -1.07. The monoisotopic (exact) mass is 245 g/mol. The van der Waals surface area contributed by atoms with Crippen LogP contribution in [0.2, 0.25) is 5.02 Å². The molecule has 1 heterocycles. The Bertz CT molecular complexity index is 375. The highest BCUT2D eigenvalue weighted by Gasteiger charge is 2.11. The van der Waals surface area contributed by atoms with Crippen molar-refractivity contribution in [3.05, 3.63) is 21.6 Å². The van der Waals surface area contributed by atoms with Gasteiger partial charge in [0.25, 0.3) is 5.56 Å². The summed E-state index contributed by atoms with van der Waals surface area (Å²) in [6.07, 6.45) is 3.47. The summed E-state index contributed by atoms with van der Waals surface area (Å²) in [7, 11) is 1.64. The van der Waals surface area contributed by atoms with E-state index in [1.807, 2.05) is 0 Å². The number of nitrogens with zero attached hydrogens (tertiary/aromatic N) is 1. The van der Waals surface area contributed by atoms with Gasteiger partial charge in [0.2, 0.25) is 0 Å². The molecule has 0 fully saturated rings. The maximum atomic E-state index is 11.2. The molecule has 6 heteroatoms. The highest BCUT2D eigenvalue weighted by molar-refractivity contribution is 6.32. The number of rotatable bonds is 6. The third kappa shape index (κ3) is 3.50. The van der Waals surface area contributed by atoms with Crippen LogP contribution in [0.5, 0.6) is 0 Å². The zero-order valence-electron chi connectivity index (χ0n) is 9.42. The van der Waals surface area contributed by atoms with Crippen molar-refractivity contribution in [2.45, 2.75) is 25.8 Å². The fraction of sp³-hybridized carbons (Fsp3) is 0.600. The molecule has 0 amide bonds. The van der Waals surface area contributed by atoms with Gasteiger partial charge in [0.05, 0.1) is 18.5 Å². The number of ether oxygens (including phenoxy) is 1. The van der Waals surface area contributed by atoms with Crippen molar-refractivity contribution in [1.82, 2.24) is 10.2 Å². The molecule has 90 valence electrons. The van der Waals surface area contributed by atoms with E-state index >= 15 is 0 Å². The molecule has 16 heavy (non-hydrogen) atoms.